The Morgan fingerprint density at radius 3 is 2.68 bits per heavy atom. The van der Waals surface area contributed by atoms with Crippen molar-refractivity contribution in [2.45, 2.75) is 43.5 Å². The summed E-state index contributed by atoms with van der Waals surface area (Å²) in [5, 5.41) is 21.7. The molecule has 2 aromatic carbocycles. The maximum atomic E-state index is 13.4. The standard InChI is InChI=1S/C27H25N7O2S/c1-17-6-8-22(9-7-17)37(35,36)33-11-10-24-27(33)29-16-25-31-32-26(34(24)25)23-14-21(12-18(23)2)30-20-5-3-4-19(13-20)15-28/h3-11,13,16,18,21,23,30H,12,14H2,1-2H3/t18-,21+,23?/m1/s1. The van der Waals surface area contributed by atoms with Gasteiger partial charge < -0.3 is 5.32 Å². The average Bonchev–Trinajstić information content (AvgIpc) is 3.60. The van der Waals surface area contributed by atoms with Crippen LogP contribution in [0.5, 0.6) is 0 Å². The molecule has 10 heteroatoms. The van der Waals surface area contributed by atoms with Gasteiger partial charge in [0, 0.05) is 23.8 Å². The van der Waals surface area contributed by atoms with E-state index in [1.165, 1.54) is 3.97 Å². The number of nitrogens with one attached hydrogen (secondary N) is 1. The molecular weight excluding hydrogens is 486 g/mol. The quantitative estimate of drug-likeness (QED) is 0.369. The molecule has 186 valence electrons. The van der Waals surface area contributed by atoms with Gasteiger partial charge in [-0.05, 0) is 62.1 Å². The lowest BCUT2D eigenvalue weighted by molar-refractivity contribution is 0.507. The van der Waals surface area contributed by atoms with Crippen molar-refractivity contribution in [2.24, 2.45) is 5.92 Å². The maximum absolute atomic E-state index is 13.4. The van der Waals surface area contributed by atoms with Gasteiger partial charge in [0.15, 0.2) is 11.3 Å². The molecule has 5 aromatic rings. The number of aryl methyl sites for hydroxylation is 1. The summed E-state index contributed by atoms with van der Waals surface area (Å²) in [7, 11) is -3.82. The van der Waals surface area contributed by atoms with Crippen molar-refractivity contribution in [3.05, 3.63) is 83.9 Å². The van der Waals surface area contributed by atoms with Crippen molar-refractivity contribution in [1.82, 2.24) is 23.6 Å². The molecule has 0 bridgehead atoms. The van der Waals surface area contributed by atoms with E-state index in [4.69, 9.17) is 0 Å². The number of hydrogen-bond acceptors (Lipinski definition) is 7. The first-order valence-corrected chi connectivity index (χ1v) is 13.6. The molecule has 0 saturated heterocycles. The normalized spacial score (nSPS) is 19.9. The molecular formula is C27H25N7O2S. The number of rotatable bonds is 5. The zero-order chi connectivity index (χ0) is 25.7. The molecule has 1 aliphatic rings. The first-order chi connectivity index (χ1) is 17.8. The fourth-order valence-electron chi connectivity index (χ4n) is 5.35. The highest BCUT2D eigenvalue weighted by atomic mass is 32.2. The van der Waals surface area contributed by atoms with Crippen molar-refractivity contribution < 1.29 is 8.42 Å². The van der Waals surface area contributed by atoms with Crippen LogP contribution in [0.3, 0.4) is 0 Å². The minimum Gasteiger partial charge on any atom is -0.382 e. The molecule has 0 amide bonds. The SMILES string of the molecule is Cc1ccc(S(=O)(=O)n2ccc3c2ncc2nnc(C4C[C@@H](Nc5cccc(C#N)c5)C[C@H]4C)n23)cc1. The summed E-state index contributed by atoms with van der Waals surface area (Å²) < 4.78 is 30.0. The predicted octanol–water partition coefficient (Wildman–Crippen LogP) is 4.49. The molecule has 1 N–H and O–H groups in total. The molecule has 1 aliphatic carbocycles. The molecule has 37 heavy (non-hydrogen) atoms. The van der Waals surface area contributed by atoms with Crippen LogP contribution >= 0.6 is 0 Å². The van der Waals surface area contributed by atoms with E-state index >= 15 is 0 Å². The number of benzene rings is 2. The van der Waals surface area contributed by atoms with E-state index in [2.05, 4.69) is 33.5 Å². The lowest BCUT2D eigenvalue weighted by Crippen LogP contribution is -2.16. The van der Waals surface area contributed by atoms with Crippen molar-refractivity contribution in [3.63, 3.8) is 0 Å². The van der Waals surface area contributed by atoms with Gasteiger partial charge in [-0.3, -0.25) is 4.40 Å². The lowest BCUT2D eigenvalue weighted by Gasteiger charge is -2.15. The van der Waals surface area contributed by atoms with E-state index < -0.39 is 10.0 Å². The first kappa shape index (κ1) is 23.2. The summed E-state index contributed by atoms with van der Waals surface area (Å²) in [6.45, 7) is 4.12. The van der Waals surface area contributed by atoms with Gasteiger partial charge in [-0.15, -0.1) is 10.2 Å². The maximum Gasteiger partial charge on any atom is 0.269 e. The molecule has 3 atom stereocenters. The van der Waals surface area contributed by atoms with E-state index in [0.717, 1.165) is 29.9 Å². The second-order valence-corrected chi connectivity index (χ2v) is 11.6. The van der Waals surface area contributed by atoms with E-state index in [0.29, 0.717) is 28.3 Å². The van der Waals surface area contributed by atoms with Crippen molar-refractivity contribution in [1.29, 1.82) is 5.26 Å². The third kappa shape index (κ3) is 3.92. The van der Waals surface area contributed by atoms with Gasteiger partial charge in [-0.1, -0.05) is 30.7 Å². The summed E-state index contributed by atoms with van der Waals surface area (Å²) in [6, 6.07) is 18.4. The van der Waals surface area contributed by atoms with Crippen molar-refractivity contribution in [2.75, 3.05) is 5.32 Å². The Morgan fingerprint density at radius 2 is 1.89 bits per heavy atom. The Kier molecular flexibility index (Phi) is 5.46. The van der Waals surface area contributed by atoms with Gasteiger partial charge >= 0.3 is 0 Å². The number of fused-ring (bicyclic) bond motifs is 3. The summed E-state index contributed by atoms with van der Waals surface area (Å²) in [6.07, 6.45) is 4.89. The Morgan fingerprint density at radius 1 is 1.08 bits per heavy atom. The average molecular weight is 512 g/mol. The smallest absolute Gasteiger partial charge is 0.269 e. The number of nitrogens with zero attached hydrogens (tertiary/aromatic N) is 6. The predicted molar refractivity (Wildman–Crippen MR) is 140 cm³/mol. The molecule has 1 fully saturated rings. The zero-order valence-corrected chi connectivity index (χ0v) is 21.2. The van der Waals surface area contributed by atoms with Crippen molar-refractivity contribution in [3.8, 4) is 6.07 Å². The zero-order valence-electron chi connectivity index (χ0n) is 20.4. The fraction of sp³-hybridized carbons (Fsp3) is 0.259. The van der Waals surface area contributed by atoms with Gasteiger partial charge in [0.1, 0.15) is 5.82 Å². The van der Waals surface area contributed by atoms with Crippen LogP contribution in [-0.2, 0) is 10.0 Å². The van der Waals surface area contributed by atoms with Crippen LogP contribution in [0.4, 0.5) is 5.69 Å². The van der Waals surface area contributed by atoms with Crippen LogP contribution in [0.1, 0.15) is 42.6 Å². The monoisotopic (exact) mass is 511 g/mol. The van der Waals surface area contributed by atoms with Crippen LogP contribution in [0.2, 0.25) is 0 Å². The number of nitriles is 1. The van der Waals surface area contributed by atoms with Gasteiger partial charge in [0.25, 0.3) is 10.0 Å². The van der Waals surface area contributed by atoms with Crippen LogP contribution in [0.15, 0.2) is 71.9 Å². The van der Waals surface area contributed by atoms with E-state index in [1.54, 1.807) is 48.8 Å². The highest BCUT2D eigenvalue weighted by molar-refractivity contribution is 7.90. The Hall–Kier alpha value is -4.23. The van der Waals surface area contributed by atoms with Gasteiger partial charge in [0.05, 0.1) is 28.2 Å². The van der Waals surface area contributed by atoms with E-state index in [-0.39, 0.29) is 16.9 Å². The Balaban J connectivity index is 1.36. The van der Waals surface area contributed by atoms with E-state index in [1.807, 2.05) is 29.5 Å². The summed E-state index contributed by atoms with van der Waals surface area (Å²) >= 11 is 0. The second kappa shape index (κ2) is 8.71. The first-order valence-electron chi connectivity index (χ1n) is 12.1. The highest BCUT2D eigenvalue weighted by Crippen LogP contribution is 2.40. The van der Waals surface area contributed by atoms with Crippen LogP contribution in [-0.4, -0.2) is 38.0 Å². The summed E-state index contributed by atoms with van der Waals surface area (Å²) in [5.74, 6) is 1.25. The molecule has 3 aromatic heterocycles. The second-order valence-electron chi connectivity index (χ2n) is 9.74. The largest absolute Gasteiger partial charge is 0.382 e. The molecule has 6 rings (SSSR count). The summed E-state index contributed by atoms with van der Waals surface area (Å²) in [4.78, 5) is 4.66. The van der Waals surface area contributed by atoms with E-state index in [9.17, 15) is 13.7 Å². The molecule has 3 heterocycles. The van der Waals surface area contributed by atoms with Crippen molar-refractivity contribution >= 4 is 32.5 Å². The minimum absolute atomic E-state index is 0.120. The van der Waals surface area contributed by atoms with Gasteiger partial charge in [0.2, 0.25) is 0 Å². The Bertz CT molecular complexity index is 1780. The third-order valence-electron chi connectivity index (χ3n) is 7.22. The summed E-state index contributed by atoms with van der Waals surface area (Å²) in [5.41, 5.74) is 4.10. The van der Waals surface area contributed by atoms with Crippen LogP contribution in [0, 0.1) is 24.2 Å². The minimum atomic E-state index is -3.82. The van der Waals surface area contributed by atoms with Gasteiger partial charge in [-0.2, -0.15) is 5.26 Å². The molecule has 0 spiro atoms. The number of hydrogen-bond donors (Lipinski definition) is 1. The fourth-order valence-corrected chi connectivity index (χ4v) is 6.65. The third-order valence-corrected chi connectivity index (χ3v) is 8.90. The Labute approximate surface area is 214 Å². The highest BCUT2D eigenvalue weighted by Gasteiger charge is 2.36. The van der Waals surface area contributed by atoms with Crippen LogP contribution < -0.4 is 5.32 Å². The molecule has 9 nitrogen and oxygen atoms in total. The topological polar surface area (TPSA) is 118 Å². The number of anilines is 1. The lowest BCUT2D eigenvalue weighted by atomic mass is 9.97. The van der Waals surface area contributed by atoms with Crippen LogP contribution in [0.25, 0.3) is 16.8 Å². The number of aromatic nitrogens is 5. The molecule has 1 unspecified atom stereocenters. The van der Waals surface area contributed by atoms with Gasteiger partial charge in [-0.25, -0.2) is 17.4 Å². The molecule has 0 radical (unpaired) electrons. The molecule has 1 saturated carbocycles. The molecule has 0 aliphatic heterocycles.